The van der Waals surface area contributed by atoms with Gasteiger partial charge in [-0.05, 0) is 89.2 Å². The number of phenolic OH excluding ortho intramolecular Hbond substituents is 1. The topological polar surface area (TPSA) is 180 Å². The lowest BCUT2D eigenvalue weighted by atomic mass is 9.74. The molecule has 10 rings (SSSR count). The zero-order valence-electron chi connectivity index (χ0n) is 34.5. The molecule has 2 bridgehead atoms. The number of fused-ring (bicyclic) bond motifs is 8. The SMILES string of the molecule is O=C(O)[C@H]1O[C@@H](Oc2ccc3c(c2)OCC(c2ccc(O)cc2)=C3O)[C@@]2(O)CNC[C@@H]([C@@H]3CC#CCC[C@@H]4C=C/C(=C\C3)c3ccccc34)[C@H](C3=CCN=C3)CSSCO[C@H]2[C@@H]1O. The highest BCUT2D eigenvalue weighted by atomic mass is 33.1. The minimum absolute atomic E-state index is 0.00712. The average molecular weight is 891 g/mol. The predicted molar refractivity (Wildman–Crippen MR) is 244 cm³/mol. The number of aliphatic hydroxyl groups is 3. The molecule has 14 heteroatoms. The summed E-state index contributed by atoms with van der Waals surface area (Å²) in [5.41, 5.74) is 4.46. The predicted octanol–water partition coefficient (Wildman–Crippen LogP) is 6.99. The fourth-order valence-corrected chi connectivity index (χ4v) is 11.6. The zero-order chi connectivity index (χ0) is 43.5. The molecule has 4 aliphatic heterocycles. The lowest BCUT2D eigenvalue weighted by Gasteiger charge is -2.49. The summed E-state index contributed by atoms with van der Waals surface area (Å²) in [6, 6.07) is 19.8. The molecule has 0 amide bonds. The molecule has 7 aliphatic rings. The highest BCUT2D eigenvalue weighted by molar-refractivity contribution is 8.76. The van der Waals surface area contributed by atoms with Crippen LogP contribution in [0.3, 0.4) is 0 Å². The van der Waals surface area contributed by atoms with Crippen LogP contribution < -0.4 is 14.8 Å². The van der Waals surface area contributed by atoms with Gasteiger partial charge in [-0.3, -0.25) is 4.99 Å². The number of hydrogen-bond acceptors (Lipinski definition) is 13. The Kier molecular flexibility index (Phi) is 13.1. The van der Waals surface area contributed by atoms with Gasteiger partial charge >= 0.3 is 5.97 Å². The number of aromatic hydroxyl groups is 1. The Morgan fingerprint density at radius 1 is 1.02 bits per heavy atom. The van der Waals surface area contributed by atoms with E-state index in [2.05, 4.69) is 70.7 Å². The van der Waals surface area contributed by atoms with Crippen LogP contribution in [0.4, 0.5) is 0 Å². The number of nitrogens with zero attached hydrogens (tertiary/aromatic N) is 1. The fraction of sp³-hybridized carbons (Fsp3) is 0.388. The molecule has 3 aromatic rings. The van der Waals surface area contributed by atoms with E-state index in [0.29, 0.717) is 47.9 Å². The largest absolute Gasteiger partial charge is 0.508 e. The van der Waals surface area contributed by atoms with E-state index in [1.54, 1.807) is 35.1 Å². The Morgan fingerprint density at radius 2 is 1.87 bits per heavy atom. The molecule has 0 spiro atoms. The standard InChI is InChI=1S/C49H50N2O10S2/c52-34-16-14-32(15-17-34)40-25-58-42-22-35(18-19-38(42)43(40)53)60-48-49(57)27-51-24-39(30-7-3-1-2-6-29-10-12-31(13-11-30)37-9-5-4-8-36(29)37)41(33-20-21-50-23-33)26-62-63-28-59-46(49)44(54)45(61-48)47(55)56/h4-5,8-10,12-20,22-23,29-30,39,41,44-46,48,51-54,57H,2,6-7,11,21,24-28H2,(H,55,56)/b31-13+/t29-,30-,39+,41+,44-,45+,46+,48-,49-/m1/s1. The number of aliphatic carboxylic acids is 1. The summed E-state index contributed by atoms with van der Waals surface area (Å²) in [6.07, 6.45) is 7.68. The molecule has 0 aromatic heterocycles. The van der Waals surface area contributed by atoms with E-state index in [9.17, 15) is 30.3 Å². The number of nitrogens with one attached hydrogen (secondary N) is 1. The van der Waals surface area contributed by atoms with Crippen molar-refractivity contribution in [3.63, 3.8) is 0 Å². The van der Waals surface area contributed by atoms with Crippen LogP contribution >= 0.6 is 21.6 Å². The number of carbonyl (C=O) groups is 1. The number of carboxylic acids is 1. The van der Waals surface area contributed by atoms with Crippen LogP contribution in [-0.2, 0) is 14.3 Å². The average Bonchev–Trinajstić information content (AvgIpc) is 3.82. The summed E-state index contributed by atoms with van der Waals surface area (Å²) in [7, 11) is 3.06. The second-order valence-electron chi connectivity index (χ2n) is 16.7. The van der Waals surface area contributed by atoms with Crippen molar-refractivity contribution in [1.82, 2.24) is 5.32 Å². The van der Waals surface area contributed by atoms with Gasteiger partial charge in [-0.1, -0.05) is 82.3 Å². The number of carboxylic acid groups (broad SMARTS) is 1. The number of ether oxygens (including phenoxy) is 4. The van der Waals surface area contributed by atoms with Crippen molar-refractivity contribution in [3.05, 3.63) is 119 Å². The first-order valence-corrected chi connectivity index (χ1v) is 23.8. The van der Waals surface area contributed by atoms with Gasteiger partial charge in [-0.15, -0.1) is 11.8 Å². The molecule has 0 saturated carbocycles. The highest BCUT2D eigenvalue weighted by Gasteiger charge is 2.59. The quantitative estimate of drug-likeness (QED) is 0.110. The Bertz CT molecular complexity index is 2420. The van der Waals surface area contributed by atoms with E-state index < -0.39 is 36.2 Å². The number of aliphatic hydroxyl groups excluding tert-OH is 2. The number of hydrogen-bond donors (Lipinski definition) is 6. The first-order valence-electron chi connectivity index (χ1n) is 21.3. The van der Waals surface area contributed by atoms with Gasteiger partial charge in [-0.25, -0.2) is 4.79 Å². The molecule has 6 N–H and O–H groups in total. The third-order valence-electron chi connectivity index (χ3n) is 12.9. The number of benzene rings is 3. The molecule has 328 valence electrons. The van der Waals surface area contributed by atoms with Crippen molar-refractivity contribution in [2.75, 3.05) is 37.9 Å². The van der Waals surface area contributed by atoms with E-state index in [1.165, 1.54) is 45.7 Å². The Balaban J connectivity index is 1.02. The van der Waals surface area contributed by atoms with E-state index >= 15 is 0 Å². The molecule has 0 unspecified atom stereocenters. The van der Waals surface area contributed by atoms with Gasteiger partial charge in [0, 0.05) is 48.9 Å². The van der Waals surface area contributed by atoms with Crippen molar-refractivity contribution >= 4 is 50.7 Å². The minimum Gasteiger partial charge on any atom is -0.508 e. The van der Waals surface area contributed by atoms with Crippen LogP contribution in [0.15, 0.2) is 102 Å². The molecule has 3 aromatic carbocycles. The summed E-state index contributed by atoms with van der Waals surface area (Å²) < 4.78 is 24.6. The van der Waals surface area contributed by atoms with Crippen LogP contribution in [0.2, 0.25) is 0 Å². The van der Waals surface area contributed by atoms with Crippen LogP contribution in [0, 0.1) is 29.6 Å². The van der Waals surface area contributed by atoms with Crippen molar-refractivity contribution in [1.29, 1.82) is 0 Å². The summed E-state index contributed by atoms with van der Waals surface area (Å²) in [5.74, 6) is 7.47. The first kappa shape index (κ1) is 43.3. The lowest BCUT2D eigenvalue weighted by molar-refractivity contribution is -0.316. The molecule has 3 aliphatic carbocycles. The number of aliphatic imine (C=N–C) groups is 1. The molecular formula is C49H50N2O10S2. The summed E-state index contributed by atoms with van der Waals surface area (Å²) in [6.45, 7) is 0.900. The van der Waals surface area contributed by atoms with E-state index in [-0.39, 0.29) is 54.1 Å². The number of phenols is 1. The molecular weight excluding hydrogens is 841 g/mol. The Hall–Kier alpha value is -4.98. The monoisotopic (exact) mass is 890 g/mol. The highest BCUT2D eigenvalue weighted by Crippen LogP contribution is 2.43. The van der Waals surface area contributed by atoms with Gasteiger partial charge in [0.15, 0.2) is 11.7 Å². The number of β-amino-alcohol motifs (C(OH)–C–C–N with tert-alkyl or cyclic N) is 1. The fourth-order valence-electron chi connectivity index (χ4n) is 9.51. The summed E-state index contributed by atoms with van der Waals surface area (Å²) >= 11 is 0. The molecule has 2 saturated heterocycles. The first-order chi connectivity index (χ1) is 30.7. The van der Waals surface area contributed by atoms with E-state index in [0.717, 1.165) is 30.6 Å². The molecule has 9 atom stereocenters. The molecule has 0 radical (unpaired) electrons. The van der Waals surface area contributed by atoms with Crippen LogP contribution in [0.1, 0.15) is 53.9 Å². The molecule has 63 heavy (non-hydrogen) atoms. The summed E-state index contributed by atoms with van der Waals surface area (Å²) in [4.78, 5) is 17.1. The minimum atomic E-state index is -2.10. The number of allylic oxidation sites excluding steroid dienone is 5. The van der Waals surface area contributed by atoms with Gasteiger partial charge in [0.25, 0.3) is 0 Å². The Morgan fingerprint density at radius 3 is 2.70 bits per heavy atom. The van der Waals surface area contributed by atoms with E-state index in [1.807, 2.05) is 6.21 Å². The van der Waals surface area contributed by atoms with Crippen LogP contribution in [0.25, 0.3) is 16.9 Å². The molecule has 4 heterocycles. The smallest absolute Gasteiger partial charge is 0.335 e. The number of rotatable bonds is 6. The third kappa shape index (κ3) is 9.06. The Labute approximate surface area is 374 Å². The van der Waals surface area contributed by atoms with Crippen molar-refractivity contribution in [2.45, 2.75) is 61.8 Å². The van der Waals surface area contributed by atoms with Gasteiger partial charge in [0.1, 0.15) is 47.8 Å². The van der Waals surface area contributed by atoms with E-state index in [4.69, 9.17) is 18.9 Å². The lowest BCUT2D eigenvalue weighted by Crippen LogP contribution is -2.72. The van der Waals surface area contributed by atoms with Crippen LogP contribution in [0.5, 0.6) is 17.2 Å². The van der Waals surface area contributed by atoms with Gasteiger partial charge in [0.05, 0.1) is 12.1 Å². The third-order valence-corrected chi connectivity index (χ3v) is 15.0. The maximum atomic E-state index is 12.8. The maximum Gasteiger partial charge on any atom is 0.335 e. The molecule has 2 fully saturated rings. The zero-order valence-corrected chi connectivity index (χ0v) is 36.1. The second-order valence-corrected chi connectivity index (χ2v) is 19.1. The van der Waals surface area contributed by atoms with Gasteiger partial charge in [-0.2, -0.15) is 0 Å². The molecule has 12 nitrogen and oxygen atoms in total. The normalized spacial score (nSPS) is 31.7. The second kappa shape index (κ2) is 19.0. The van der Waals surface area contributed by atoms with Crippen LogP contribution in [-0.4, -0.2) is 106 Å². The van der Waals surface area contributed by atoms with Crippen molar-refractivity contribution in [3.8, 4) is 29.1 Å². The maximum absolute atomic E-state index is 12.8. The van der Waals surface area contributed by atoms with Gasteiger partial charge in [0.2, 0.25) is 6.29 Å². The van der Waals surface area contributed by atoms with Crippen molar-refractivity contribution < 1.29 is 49.3 Å². The summed E-state index contributed by atoms with van der Waals surface area (Å²) in [5, 5.41) is 59.1. The van der Waals surface area contributed by atoms with Crippen molar-refractivity contribution in [2.24, 2.45) is 22.7 Å². The van der Waals surface area contributed by atoms with Gasteiger partial charge < -0.3 is 49.8 Å².